The number of amides is 1. The average Bonchev–Trinajstić information content (AvgIpc) is 2.60. The van der Waals surface area contributed by atoms with Crippen molar-refractivity contribution in [2.45, 2.75) is 4.21 Å². The van der Waals surface area contributed by atoms with Crippen LogP contribution in [0.25, 0.3) is 0 Å². The molecular weight excluding hydrogens is 298 g/mol. The van der Waals surface area contributed by atoms with Gasteiger partial charge >= 0.3 is 0 Å². The Hall–Kier alpha value is -0.670. The van der Waals surface area contributed by atoms with Crippen molar-refractivity contribution in [3.05, 3.63) is 16.0 Å². The monoisotopic (exact) mass is 311 g/mol. The molecule has 0 unspecified atom stereocenters. The van der Waals surface area contributed by atoms with Crippen LogP contribution in [0.4, 0.5) is 0 Å². The molecule has 1 amide bonds. The highest BCUT2D eigenvalue weighted by Crippen LogP contribution is 2.30. The summed E-state index contributed by atoms with van der Waals surface area (Å²) < 4.78 is 26.2. The largest absolute Gasteiger partial charge is 0.366 e. The molecule has 0 radical (unpaired) electrons. The Morgan fingerprint density at radius 3 is 2.61 bits per heavy atom. The lowest BCUT2D eigenvalue weighted by molar-refractivity contribution is 0.100. The molecule has 0 aliphatic rings. The van der Waals surface area contributed by atoms with Gasteiger partial charge in [-0.25, -0.2) is 13.1 Å². The van der Waals surface area contributed by atoms with Crippen molar-refractivity contribution < 1.29 is 13.2 Å². The van der Waals surface area contributed by atoms with E-state index in [4.69, 9.17) is 17.3 Å². The molecule has 18 heavy (non-hydrogen) atoms. The molecule has 0 spiro atoms. The van der Waals surface area contributed by atoms with E-state index in [-0.39, 0.29) is 20.7 Å². The van der Waals surface area contributed by atoms with E-state index >= 15 is 0 Å². The second-order valence-electron chi connectivity index (χ2n) is 3.82. The minimum Gasteiger partial charge on any atom is -0.366 e. The number of hydrogen-bond acceptors (Lipinski definition) is 5. The van der Waals surface area contributed by atoms with Crippen LogP contribution < -0.4 is 10.5 Å². The second kappa shape index (κ2) is 5.98. The summed E-state index contributed by atoms with van der Waals surface area (Å²) in [6.45, 7) is 0.845. The van der Waals surface area contributed by atoms with Crippen molar-refractivity contribution in [1.82, 2.24) is 9.62 Å². The Bertz CT molecular complexity index is 539. The summed E-state index contributed by atoms with van der Waals surface area (Å²) in [6.07, 6.45) is 0. The first-order chi connectivity index (χ1) is 8.24. The smallest absolute Gasteiger partial charge is 0.251 e. The maximum Gasteiger partial charge on any atom is 0.251 e. The van der Waals surface area contributed by atoms with Crippen molar-refractivity contribution in [2.75, 3.05) is 27.2 Å². The third kappa shape index (κ3) is 3.92. The molecule has 0 atom stereocenters. The Kier molecular flexibility index (Phi) is 5.11. The predicted molar refractivity (Wildman–Crippen MR) is 71.6 cm³/mol. The van der Waals surface area contributed by atoms with Gasteiger partial charge in [-0.05, 0) is 20.2 Å². The second-order valence-corrected chi connectivity index (χ2v) is 7.47. The lowest BCUT2D eigenvalue weighted by atomic mass is 10.3. The molecule has 3 N–H and O–H groups in total. The molecule has 0 saturated heterocycles. The van der Waals surface area contributed by atoms with Gasteiger partial charge in [0.25, 0.3) is 5.91 Å². The van der Waals surface area contributed by atoms with Gasteiger partial charge in [-0.15, -0.1) is 11.3 Å². The highest BCUT2D eigenvalue weighted by molar-refractivity contribution is 7.91. The molecule has 0 aliphatic heterocycles. The molecule has 0 aliphatic carbocycles. The number of nitrogens with two attached hydrogens (primary N) is 1. The number of likely N-dealkylation sites (N-methyl/N-ethyl adjacent to an activating group) is 1. The summed E-state index contributed by atoms with van der Waals surface area (Å²) in [5.41, 5.74) is 5.10. The SMILES string of the molecule is CN(C)CCNS(=O)(=O)c1cc(C(N)=O)c(Cl)s1. The Morgan fingerprint density at radius 2 is 2.17 bits per heavy atom. The summed E-state index contributed by atoms with van der Waals surface area (Å²) in [7, 11) is 0.0281. The van der Waals surface area contributed by atoms with Crippen molar-refractivity contribution in [2.24, 2.45) is 5.73 Å². The standard InChI is InChI=1S/C9H14ClN3O3S2/c1-13(2)4-3-12-18(15,16)7-5-6(9(11)14)8(10)17-7/h5,12H,3-4H2,1-2H3,(H2,11,14). The van der Waals surface area contributed by atoms with Crippen LogP contribution in [-0.2, 0) is 10.0 Å². The maximum absolute atomic E-state index is 11.9. The van der Waals surface area contributed by atoms with Crippen LogP contribution in [0.1, 0.15) is 10.4 Å². The molecule has 0 fully saturated rings. The Morgan fingerprint density at radius 1 is 1.56 bits per heavy atom. The Labute approximate surface area is 115 Å². The number of nitrogens with one attached hydrogen (secondary N) is 1. The summed E-state index contributed by atoms with van der Waals surface area (Å²) in [5.74, 6) is -0.744. The lowest BCUT2D eigenvalue weighted by Crippen LogP contribution is -2.31. The number of sulfonamides is 1. The molecule has 1 aromatic rings. The van der Waals surface area contributed by atoms with E-state index in [1.165, 1.54) is 6.07 Å². The number of carbonyl (C=O) groups is 1. The highest BCUT2D eigenvalue weighted by Gasteiger charge is 2.21. The molecule has 1 heterocycles. The van der Waals surface area contributed by atoms with Crippen LogP contribution in [0.3, 0.4) is 0 Å². The predicted octanol–water partition coefficient (Wildman–Crippen LogP) is 0.340. The van der Waals surface area contributed by atoms with Crippen LogP contribution in [0.5, 0.6) is 0 Å². The van der Waals surface area contributed by atoms with Crippen LogP contribution in [0, 0.1) is 0 Å². The first-order valence-electron chi connectivity index (χ1n) is 4.97. The molecule has 9 heteroatoms. The minimum absolute atomic E-state index is 0.0138. The molecule has 0 bridgehead atoms. The molecule has 0 saturated carbocycles. The molecule has 0 aromatic carbocycles. The van der Waals surface area contributed by atoms with Crippen molar-refractivity contribution in [3.63, 3.8) is 0 Å². The van der Waals surface area contributed by atoms with Crippen LogP contribution in [0.15, 0.2) is 10.3 Å². The molecule has 102 valence electrons. The first kappa shape index (κ1) is 15.4. The zero-order chi connectivity index (χ0) is 13.9. The van der Waals surface area contributed by atoms with Gasteiger partial charge in [-0.2, -0.15) is 0 Å². The van der Waals surface area contributed by atoms with E-state index in [1.807, 2.05) is 19.0 Å². The summed E-state index contributed by atoms with van der Waals surface area (Å²) >= 11 is 6.56. The normalized spacial score (nSPS) is 12.0. The highest BCUT2D eigenvalue weighted by atomic mass is 35.5. The fourth-order valence-corrected chi connectivity index (χ4v) is 3.92. The van der Waals surface area contributed by atoms with E-state index < -0.39 is 15.9 Å². The van der Waals surface area contributed by atoms with E-state index in [2.05, 4.69) is 4.72 Å². The number of hydrogen-bond donors (Lipinski definition) is 2. The summed E-state index contributed by atoms with van der Waals surface area (Å²) in [4.78, 5) is 12.8. The van der Waals surface area contributed by atoms with Crippen molar-refractivity contribution in [1.29, 1.82) is 0 Å². The topological polar surface area (TPSA) is 92.5 Å². The quantitative estimate of drug-likeness (QED) is 0.792. The minimum atomic E-state index is -3.64. The van der Waals surface area contributed by atoms with E-state index in [1.54, 1.807) is 0 Å². The lowest BCUT2D eigenvalue weighted by Gasteiger charge is -2.09. The fraction of sp³-hybridized carbons (Fsp3) is 0.444. The van der Waals surface area contributed by atoms with Crippen molar-refractivity contribution >= 4 is 38.9 Å². The Balaban J connectivity index is 2.85. The van der Waals surface area contributed by atoms with E-state index in [0.29, 0.717) is 6.54 Å². The molecule has 1 aromatic heterocycles. The number of halogens is 1. The average molecular weight is 312 g/mol. The zero-order valence-electron chi connectivity index (χ0n) is 9.94. The van der Waals surface area contributed by atoms with Gasteiger partial charge in [0.05, 0.1) is 5.56 Å². The van der Waals surface area contributed by atoms with Gasteiger partial charge in [0.2, 0.25) is 10.0 Å². The molecule has 6 nitrogen and oxygen atoms in total. The number of nitrogens with zero attached hydrogens (tertiary/aromatic N) is 1. The molecule has 1 rings (SSSR count). The van der Waals surface area contributed by atoms with Gasteiger partial charge in [-0.1, -0.05) is 11.6 Å². The maximum atomic E-state index is 11.9. The zero-order valence-corrected chi connectivity index (χ0v) is 12.3. The van der Waals surface area contributed by atoms with Crippen molar-refractivity contribution in [3.8, 4) is 0 Å². The third-order valence-corrected chi connectivity index (χ3v) is 5.34. The number of thiophene rings is 1. The summed E-state index contributed by atoms with van der Waals surface area (Å²) in [5, 5.41) is 0. The van der Waals surface area contributed by atoms with Gasteiger partial charge in [0.15, 0.2) is 0 Å². The van der Waals surface area contributed by atoms with Gasteiger partial charge in [-0.3, -0.25) is 4.79 Å². The van der Waals surface area contributed by atoms with Gasteiger partial charge in [0.1, 0.15) is 8.55 Å². The first-order valence-corrected chi connectivity index (χ1v) is 7.65. The van der Waals surface area contributed by atoms with Crippen LogP contribution in [-0.4, -0.2) is 46.4 Å². The summed E-state index contributed by atoms with van der Waals surface area (Å²) in [6, 6.07) is 1.19. The van der Waals surface area contributed by atoms with Gasteiger partial charge in [0, 0.05) is 13.1 Å². The fourth-order valence-electron chi connectivity index (χ4n) is 1.12. The van der Waals surface area contributed by atoms with E-state index in [0.717, 1.165) is 11.3 Å². The van der Waals surface area contributed by atoms with Crippen LogP contribution >= 0.6 is 22.9 Å². The van der Waals surface area contributed by atoms with Crippen LogP contribution in [0.2, 0.25) is 4.34 Å². The van der Waals surface area contributed by atoms with Gasteiger partial charge < -0.3 is 10.6 Å². The van der Waals surface area contributed by atoms with E-state index in [9.17, 15) is 13.2 Å². The number of carbonyl (C=O) groups excluding carboxylic acids is 1. The third-order valence-electron chi connectivity index (χ3n) is 2.05. The number of primary amides is 1. The number of rotatable bonds is 6. The molecular formula is C9H14ClN3O3S2.